The van der Waals surface area contributed by atoms with Crippen LogP contribution in [0.4, 0.5) is 0 Å². The molecule has 0 atom stereocenters. The Kier molecular flexibility index (Phi) is 2.79. The van der Waals surface area contributed by atoms with Crippen LogP contribution in [0.5, 0.6) is 0 Å². The molecule has 0 bridgehead atoms. The van der Waals surface area contributed by atoms with Crippen molar-refractivity contribution >= 4 is 29.3 Å². The van der Waals surface area contributed by atoms with Crippen molar-refractivity contribution in [1.82, 2.24) is 19.4 Å². The summed E-state index contributed by atoms with van der Waals surface area (Å²) in [6.07, 6.45) is 3.38. The number of benzene rings is 1. The fourth-order valence-electron chi connectivity index (χ4n) is 2.16. The molecule has 0 amide bonds. The second kappa shape index (κ2) is 4.47. The van der Waals surface area contributed by atoms with E-state index >= 15 is 0 Å². The smallest absolute Gasteiger partial charge is 0.216 e. The van der Waals surface area contributed by atoms with Crippen molar-refractivity contribution in [2.24, 2.45) is 12.1 Å². The van der Waals surface area contributed by atoms with Crippen LogP contribution in [0.25, 0.3) is 10.9 Å². The second-order valence-corrected chi connectivity index (χ2v) is 4.71. The van der Waals surface area contributed by atoms with E-state index in [9.17, 15) is 0 Å². The molecule has 1 aromatic carbocycles. The predicted octanol–water partition coefficient (Wildman–Crippen LogP) is 2.62. The molecule has 0 aliphatic heterocycles. The number of aryl methyl sites for hydroxylation is 1. The summed E-state index contributed by atoms with van der Waals surface area (Å²) in [5.74, 6) is 0. The van der Waals surface area contributed by atoms with Gasteiger partial charge in [-0.15, -0.1) is 0 Å². The topological polar surface area (TPSA) is 50.9 Å². The first-order valence-corrected chi connectivity index (χ1v) is 6.29. The molecule has 3 aromatic rings. The van der Waals surface area contributed by atoms with Crippen LogP contribution >= 0.6 is 12.2 Å². The van der Waals surface area contributed by atoms with E-state index in [1.165, 1.54) is 21.3 Å². The molecule has 96 valence electrons. The number of fused-ring (bicyclic) bond motifs is 1. The highest BCUT2D eigenvalue weighted by molar-refractivity contribution is 7.71. The van der Waals surface area contributed by atoms with Gasteiger partial charge in [0.25, 0.3) is 0 Å². The number of nitrogens with one attached hydrogen (secondary N) is 1. The molecule has 6 heteroatoms. The lowest BCUT2D eigenvalue weighted by Gasteiger charge is -1.97. The number of aromatic amines is 1. The van der Waals surface area contributed by atoms with Crippen LogP contribution in [-0.4, -0.2) is 25.7 Å². The van der Waals surface area contributed by atoms with E-state index in [1.54, 1.807) is 6.33 Å². The van der Waals surface area contributed by atoms with E-state index < -0.39 is 0 Å². The van der Waals surface area contributed by atoms with E-state index in [1.807, 2.05) is 18.3 Å². The minimum absolute atomic E-state index is 0.481. The molecule has 0 aliphatic rings. The summed E-state index contributed by atoms with van der Waals surface area (Å²) in [7, 11) is 2.05. The Balaban J connectivity index is 2.16. The third-order valence-corrected chi connectivity index (χ3v) is 3.57. The Morgan fingerprint density at radius 2 is 2.16 bits per heavy atom. The maximum Gasteiger partial charge on any atom is 0.216 e. The highest BCUT2D eigenvalue weighted by Gasteiger charge is 2.09. The monoisotopic (exact) mass is 271 g/mol. The van der Waals surface area contributed by atoms with Crippen molar-refractivity contribution in [3.63, 3.8) is 0 Å². The van der Waals surface area contributed by atoms with Crippen LogP contribution < -0.4 is 0 Å². The summed E-state index contributed by atoms with van der Waals surface area (Å²) >= 11 is 5.06. The predicted molar refractivity (Wildman–Crippen MR) is 78.1 cm³/mol. The number of nitrogens with zero attached hydrogens (tertiary/aromatic N) is 4. The fourth-order valence-corrected chi connectivity index (χ4v) is 2.30. The van der Waals surface area contributed by atoms with Crippen molar-refractivity contribution in [3.05, 3.63) is 46.6 Å². The summed E-state index contributed by atoms with van der Waals surface area (Å²) in [4.78, 5) is 0. The van der Waals surface area contributed by atoms with Gasteiger partial charge in [0.2, 0.25) is 4.77 Å². The first-order valence-electron chi connectivity index (χ1n) is 5.89. The molecule has 0 fully saturated rings. The van der Waals surface area contributed by atoms with Gasteiger partial charge in [-0.25, -0.2) is 0 Å². The lowest BCUT2D eigenvalue weighted by molar-refractivity contribution is 0.861. The van der Waals surface area contributed by atoms with Crippen molar-refractivity contribution in [2.75, 3.05) is 0 Å². The van der Waals surface area contributed by atoms with E-state index in [-0.39, 0.29) is 0 Å². The van der Waals surface area contributed by atoms with Crippen LogP contribution in [0, 0.1) is 11.7 Å². The van der Waals surface area contributed by atoms with E-state index in [0.29, 0.717) is 4.77 Å². The van der Waals surface area contributed by atoms with Crippen molar-refractivity contribution < 1.29 is 0 Å². The lowest BCUT2D eigenvalue weighted by atomic mass is 10.1. The van der Waals surface area contributed by atoms with Gasteiger partial charge in [0, 0.05) is 29.2 Å². The average molecular weight is 271 g/mol. The minimum atomic E-state index is 0.481. The van der Waals surface area contributed by atoms with Gasteiger partial charge in [-0.05, 0) is 25.2 Å². The SMILES string of the molecule is Cc1c(/C=N/n2cn[nH]c2=S)c2ccccc2n1C. The summed E-state index contributed by atoms with van der Waals surface area (Å²) in [5.41, 5.74) is 3.46. The van der Waals surface area contributed by atoms with E-state index in [2.05, 4.69) is 46.0 Å². The molecule has 2 heterocycles. The van der Waals surface area contributed by atoms with Crippen LogP contribution in [0.2, 0.25) is 0 Å². The Morgan fingerprint density at radius 1 is 1.37 bits per heavy atom. The largest absolute Gasteiger partial charge is 0.347 e. The highest BCUT2D eigenvalue weighted by atomic mass is 32.1. The van der Waals surface area contributed by atoms with Gasteiger partial charge in [-0.1, -0.05) is 18.2 Å². The van der Waals surface area contributed by atoms with Gasteiger partial charge < -0.3 is 4.57 Å². The number of hydrogen-bond donors (Lipinski definition) is 1. The van der Waals surface area contributed by atoms with E-state index in [4.69, 9.17) is 12.2 Å². The number of aromatic nitrogens is 4. The third kappa shape index (κ3) is 1.90. The zero-order chi connectivity index (χ0) is 13.4. The van der Waals surface area contributed by atoms with Gasteiger partial charge in [-0.3, -0.25) is 5.10 Å². The van der Waals surface area contributed by atoms with Crippen LogP contribution in [0.15, 0.2) is 35.7 Å². The lowest BCUT2D eigenvalue weighted by Crippen LogP contribution is -1.93. The molecule has 5 nitrogen and oxygen atoms in total. The van der Waals surface area contributed by atoms with Gasteiger partial charge in [-0.2, -0.15) is 14.9 Å². The Morgan fingerprint density at radius 3 is 2.89 bits per heavy atom. The van der Waals surface area contributed by atoms with Crippen molar-refractivity contribution in [1.29, 1.82) is 0 Å². The Labute approximate surface area is 115 Å². The molecule has 3 rings (SSSR count). The normalized spacial score (nSPS) is 11.7. The standard InChI is InChI=1S/C13H13N5S/c1-9-11(7-15-18-8-14-16-13(18)19)10-5-3-4-6-12(10)17(9)2/h3-8H,1-2H3,(H,16,19)/b15-7+. The molecule has 19 heavy (non-hydrogen) atoms. The number of hydrogen-bond acceptors (Lipinski definition) is 3. The maximum atomic E-state index is 5.06. The van der Waals surface area contributed by atoms with Gasteiger partial charge >= 0.3 is 0 Å². The Bertz CT molecular complexity index is 821. The quantitative estimate of drug-likeness (QED) is 0.575. The number of H-pyrrole nitrogens is 1. The number of para-hydroxylation sites is 1. The van der Waals surface area contributed by atoms with Crippen molar-refractivity contribution in [2.45, 2.75) is 6.92 Å². The van der Waals surface area contributed by atoms with Gasteiger partial charge in [0.05, 0.1) is 6.21 Å². The average Bonchev–Trinajstić information content (AvgIpc) is 2.93. The zero-order valence-electron chi connectivity index (χ0n) is 10.7. The Hall–Kier alpha value is -2.21. The second-order valence-electron chi connectivity index (χ2n) is 4.33. The van der Waals surface area contributed by atoms with E-state index in [0.717, 1.165) is 5.56 Å². The molecule has 0 saturated heterocycles. The minimum Gasteiger partial charge on any atom is -0.347 e. The molecule has 0 spiro atoms. The van der Waals surface area contributed by atoms with Crippen LogP contribution in [-0.2, 0) is 7.05 Å². The van der Waals surface area contributed by atoms with Gasteiger partial charge in [0.1, 0.15) is 6.33 Å². The molecule has 0 radical (unpaired) electrons. The molecular weight excluding hydrogens is 258 g/mol. The molecule has 0 saturated carbocycles. The third-order valence-electron chi connectivity index (χ3n) is 3.30. The summed E-state index contributed by atoms with van der Waals surface area (Å²) < 4.78 is 4.18. The summed E-state index contributed by atoms with van der Waals surface area (Å²) in [6.45, 7) is 2.08. The highest BCUT2D eigenvalue weighted by Crippen LogP contribution is 2.23. The molecule has 1 N–H and O–H groups in total. The molecular formula is C13H13N5S. The van der Waals surface area contributed by atoms with Crippen molar-refractivity contribution in [3.8, 4) is 0 Å². The number of rotatable bonds is 2. The summed E-state index contributed by atoms with van der Waals surface area (Å²) in [5, 5.41) is 12.0. The van der Waals surface area contributed by atoms with Gasteiger partial charge in [0.15, 0.2) is 0 Å². The maximum absolute atomic E-state index is 5.06. The van der Waals surface area contributed by atoms with Crippen LogP contribution in [0.1, 0.15) is 11.3 Å². The first-order chi connectivity index (χ1) is 9.18. The fraction of sp³-hybridized carbons (Fsp3) is 0.154. The summed E-state index contributed by atoms with van der Waals surface area (Å²) in [6, 6.07) is 8.26. The first kappa shape index (κ1) is 11.9. The zero-order valence-corrected chi connectivity index (χ0v) is 11.5. The molecule has 0 unspecified atom stereocenters. The molecule has 0 aliphatic carbocycles. The molecule has 2 aromatic heterocycles. The van der Waals surface area contributed by atoms with Crippen LogP contribution in [0.3, 0.4) is 0 Å².